The van der Waals surface area contributed by atoms with E-state index in [1.54, 1.807) is 0 Å². The molecule has 2 amide bonds. The first kappa shape index (κ1) is 18.5. The first-order valence-corrected chi connectivity index (χ1v) is 10.7. The highest BCUT2D eigenvalue weighted by atomic mass is 32.2. The van der Waals surface area contributed by atoms with Gasteiger partial charge in [-0.25, -0.2) is 17.5 Å². The van der Waals surface area contributed by atoms with Crippen molar-refractivity contribution >= 4 is 16.1 Å². The standard InChI is InChI=1S/C16H31N3O3S/c1-13-12-19(23(2,21)22)11-10-15(13)18-16(20)17-14-8-6-4-3-5-7-9-14/h13-15H,3-12H2,1-2H3,(H2,17,18,20). The minimum atomic E-state index is -3.14. The van der Waals surface area contributed by atoms with Gasteiger partial charge < -0.3 is 10.6 Å². The Morgan fingerprint density at radius 2 is 1.61 bits per heavy atom. The molecule has 0 spiro atoms. The molecule has 6 nitrogen and oxygen atoms in total. The van der Waals surface area contributed by atoms with Gasteiger partial charge in [0.15, 0.2) is 0 Å². The maximum absolute atomic E-state index is 12.2. The van der Waals surface area contributed by atoms with Gasteiger partial charge in [0.2, 0.25) is 10.0 Å². The van der Waals surface area contributed by atoms with Crippen molar-refractivity contribution in [3.63, 3.8) is 0 Å². The molecule has 0 aromatic carbocycles. The number of sulfonamides is 1. The lowest BCUT2D eigenvalue weighted by molar-refractivity contribution is 0.200. The number of nitrogens with one attached hydrogen (secondary N) is 2. The Kier molecular flexibility index (Phi) is 6.71. The van der Waals surface area contributed by atoms with Gasteiger partial charge in [-0.05, 0) is 25.2 Å². The second kappa shape index (κ2) is 8.33. The molecule has 1 heterocycles. The van der Waals surface area contributed by atoms with Crippen LogP contribution in [0.25, 0.3) is 0 Å². The van der Waals surface area contributed by atoms with Gasteiger partial charge in [-0.1, -0.05) is 39.0 Å². The molecular formula is C16H31N3O3S. The number of carbonyl (C=O) groups is 1. The molecule has 2 unspecified atom stereocenters. The molecule has 2 rings (SSSR count). The number of nitrogens with zero attached hydrogens (tertiary/aromatic N) is 1. The lowest BCUT2D eigenvalue weighted by Crippen LogP contribution is -2.54. The van der Waals surface area contributed by atoms with Crippen LogP contribution in [0.4, 0.5) is 4.79 Å². The van der Waals surface area contributed by atoms with Crippen molar-refractivity contribution in [1.29, 1.82) is 0 Å². The maximum atomic E-state index is 12.2. The zero-order valence-electron chi connectivity index (χ0n) is 14.4. The van der Waals surface area contributed by atoms with Crippen molar-refractivity contribution in [1.82, 2.24) is 14.9 Å². The number of piperidine rings is 1. The van der Waals surface area contributed by atoms with Crippen LogP contribution in [0.1, 0.15) is 58.3 Å². The van der Waals surface area contributed by atoms with Crippen LogP contribution < -0.4 is 10.6 Å². The molecule has 7 heteroatoms. The maximum Gasteiger partial charge on any atom is 0.315 e. The highest BCUT2D eigenvalue weighted by molar-refractivity contribution is 7.88. The largest absolute Gasteiger partial charge is 0.335 e. The summed E-state index contributed by atoms with van der Waals surface area (Å²) in [6.07, 6.45) is 10.3. The monoisotopic (exact) mass is 345 g/mol. The van der Waals surface area contributed by atoms with Gasteiger partial charge in [0, 0.05) is 25.2 Å². The number of urea groups is 1. The topological polar surface area (TPSA) is 78.5 Å². The number of hydrogen-bond acceptors (Lipinski definition) is 3. The molecular weight excluding hydrogens is 314 g/mol. The van der Waals surface area contributed by atoms with Crippen LogP contribution in [0.3, 0.4) is 0 Å². The van der Waals surface area contributed by atoms with Crippen molar-refractivity contribution in [2.24, 2.45) is 5.92 Å². The zero-order valence-corrected chi connectivity index (χ0v) is 15.2. The normalized spacial score (nSPS) is 28.6. The van der Waals surface area contributed by atoms with Crippen LogP contribution in [-0.4, -0.2) is 50.2 Å². The van der Waals surface area contributed by atoms with Crippen molar-refractivity contribution < 1.29 is 13.2 Å². The summed E-state index contributed by atoms with van der Waals surface area (Å²) in [5.74, 6) is 0.126. The minimum Gasteiger partial charge on any atom is -0.335 e. The Morgan fingerprint density at radius 1 is 1.00 bits per heavy atom. The average molecular weight is 346 g/mol. The smallest absolute Gasteiger partial charge is 0.315 e. The Labute approximate surface area is 140 Å². The number of carbonyl (C=O) groups excluding carboxylic acids is 1. The molecule has 0 bridgehead atoms. The molecule has 0 aromatic rings. The third-order valence-electron chi connectivity index (χ3n) is 5.09. The number of amides is 2. The zero-order chi connectivity index (χ0) is 16.9. The summed E-state index contributed by atoms with van der Waals surface area (Å²) in [6.45, 7) is 2.96. The highest BCUT2D eigenvalue weighted by Gasteiger charge is 2.31. The summed E-state index contributed by atoms with van der Waals surface area (Å²) >= 11 is 0. The van der Waals surface area contributed by atoms with E-state index in [1.807, 2.05) is 6.92 Å². The summed E-state index contributed by atoms with van der Waals surface area (Å²) in [4.78, 5) is 12.2. The quantitative estimate of drug-likeness (QED) is 0.822. The highest BCUT2D eigenvalue weighted by Crippen LogP contribution is 2.20. The van der Waals surface area contributed by atoms with Gasteiger partial charge in [-0.2, -0.15) is 0 Å². The summed E-state index contributed by atoms with van der Waals surface area (Å²) in [7, 11) is -3.14. The summed E-state index contributed by atoms with van der Waals surface area (Å²) in [6, 6.07) is 0.225. The SMILES string of the molecule is CC1CN(S(C)(=O)=O)CCC1NC(=O)NC1CCCCCCC1. The Hall–Kier alpha value is -0.820. The summed E-state index contributed by atoms with van der Waals surface area (Å²) < 4.78 is 24.7. The van der Waals surface area contributed by atoms with Crippen LogP contribution in [0.15, 0.2) is 0 Å². The van der Waals surface area contributed by atoms with E-state index in [4.69, 9.17) is 0 Å². The molecule has 2 aliphatic rings. The second-order valence-corrected chi connectivity index (χ2v) is 9.14. The first-order chi connectivity index (χ1) is 10.9. The van der Waals surface area contributed by atoms with Gasteiger partial charge in [-0.3, -0.25) is 0 Å². The van der Waals surface area contributed by atoms with Gasteiger partial charge in [0.25, 0.3) is 0 Å². The van der Waals surface area contributed by atoms with E-state index in [-0.39, 0.29) is 24.0 Å². The third kappa shape index (κ3) is 5.95. The average Bonchev–Trinajstić information content (AvgIpc) is 2.43. The predicted molar refractivity (Wildman–Crippen MR) is 91.8 cm³/mol. The minimum absolute atomic E-state index is 0.0431. The molecule has 2 fully saturated rings. The van der Waals surface area contributed by atoms with Crippen molar-refractivity contribution in [3.05, 3.63) is 0 Å². The lowest BCUT2D eigenvalue weighted by Gasteiger charge is -2.36. The molecule has 1 aliphatic carbocycles. The Morgan fingerprint density at radius 3 is 2.17 bits per heavy atom. The third-order valence-corrected chi connectivity index (χ3v) is 6.36. The van der Waals surface area contributed by atoms with E-state index in [0.29, 0.717) is 19.5 Å². The van der Waals surface area contributed by atoms with Crippen molar-refractivity contribution in [3.8, 4) is 0 Å². The van der Waals surface area contributed by atoms with E-state index in [0.717, 1.165) is 12.8 Å². The van der Waals surface area contributed by atoms with E-state index >= 15 is 0 Å². The molecule has 1 saturated carbocycles. The Balaban J connectivity index is 1.78. The molecule has 1 saturated heterocycles. The fourth-order valence-electron chi connectivity index (χ4n) is 3.62. The van der Waals surface area contributed by atoms with E-state index in [2.05, 4.69) is 10.6 Å². The lowest BCUT2D eigenvalue weighted by atomic mass is 9.95. The molecule has 2 atom stereocenters. The molecule has 0 radical (unpaired) electrons. The molecule has 0 aromatic heterocycles. The van der Waals surface area contributed by atoms with Crippen LogP contribution in [0.5, 0.6) is 0 Å². The predicted octanol–water partition coefficient (Wildman–Crippen LogP) is 2.07. The van der Waals surface area contributed by atoms with Gasteiger partial charge in [0.1, 0.15) is 0 Å². The summed E-state index contributed by atoms with van der Waals surface area (Å²) in [5.41, 5.74) is 0. The second-order valence-electron chi connectivity index (χ2n) is 7.15. The Bertz CT molecular complexity index is 487. The van der Waals surface area contributed by atoms with Crippen LogP contribution >= 0.6 is 0 Å². The number of rotatable bonds is 3. The molecule has 134 valence electrons. The van der Waals surface area contributed by atoms with E-state index in [1.165, 1.54) is 42.7 Å². The van der Waals surface area contributed by atoms with Crippen LogP contribution in [-0.2, 0) is 10.0 Å². The van der Waals surface area contributed by atoms with E-state index < -0.39 is 10.0 Å². The first-order valence-electron chi connectivity index (χ1n) is 8.88. The van der Waals surface area contributed by atoms with Crippen LogP contribution in [0, 0.1) is 5.92 Å². The van der Waals surface area contributed by atoms with Crippen molar-refractivity contribution in [2.45, 2.75) is 70.4 Å². The van der Waals surface area contributed by atoms with Gasteiger partial charge in [0.05, 0.1) is 6.26 Å². The van der Waals surface area contributed by atoms with E-state index in [9.17, 15) is 13.2 Å². The van der Waals surface area contributed by atoms with Gasteiger partial charge in [-0.15, -0.1) is 0 Å². The molecule has 1 aliphatic heterocycles. The molecule has 23 heavy (non-hydrogen) atoms. The van der Waals surface area contributed by atoms with Gasteiger partial charge >= 0.3 is 6.03 Å². The van der Waals surface area contributed by atoms with Crippen LogP contribution in [0.2, 0.25) is 0 Å². The molecule has 2 N–H and O–H groups in total. The number of hydrogen-bond donors (Lipinski definition) is 2. The summed E-state index contributed by atoms with van der Waals surface area (Å²) in [5, 5.41) is 6.17. The van der Waals surface area contributed by atoms with Crippen molar-refractivity contribution in [2.75, 3.05) is 19.3 Å². The fraction of sp³-hybridized carbons (Fsp3) is 0.938. The fourth-order valence-corrected chi connectivity index (χ4v) is 4.56.